The highest BCUT2D eigenvalue weighted by Crippen LogP contribution is 2.18. The Kier molecular flexibility index (Phi) is 11.2. The Morgan fingerprint density at radius 2 is 1.61 bits per heavy atom. The van der Waals surface area contributed by atoms with Crippen LogP contribution in [0.5, 0.6) is 5.75 Å². The molecule has 1 heterocycles. The van der Waals surface area contributed by atoms with Gasteiger partial charge in [-0.15, -0.1) is 24.8 Å². The van der Waals surface area contributed by atoms with Gasteiger partial charge < -0.3 is 10.1 Å². The van der Waals surface area contributed by atoms with Crippen molar-refractivity contribution in [1.29, 1.82) is 0 Å². The first kappa shape index (κ1) is 24.5. The van der Waals surface area contributed by atoms with Crippen LogP contribution in [0.15, 0.2) is 54.6 Å². The first-order valence-corrected chi connectivity index (χ1v) is 9.62. The van der Waals surface area contributed by atoms with Crippen LogP contribution in [0.4, 0.5) is 0 Å². The number of hydrogen-bond donors (Lipinski definition) is 1. The molecule has 28 heavy (non-hydrogen) atoms. The molecule has 154 valence electrons. The van der Waals surface area contributed by atoms with Gasteiger partial charge in [0.15, 0.2) is 0 Å². The molecule has 0 aliphatic carbocycles. The number of piperazine rings is 1. The van der Waals surface area contributed by atoms with E-state index in [9.17, 15) is 0 Å². The molecule has 0 atom stereocenters. The molecule has 3 rings (SSSR count). The van der Waals surface area contributed by atoms with Crippen molar-refractivity contribution in [2.45, 2.75) is 26.3 Å². The SMILES string of the molecule is CC(C)c1ccc(OCC=Cc2ccc(CN3CCNCC3)cc2)cc1.Cl.Cl. The monoisotopic (exact) mass is 422 g/mol. The number of nitrogens with zero attached hydrogens (tertiary/aromatic N) is 1. The number of hydrogen-bond acceptors (Lipinski definition) is 3. The number of rotatable bonds is 7. The van der Waals surface area contributed by atoms with Crippen molar-refractivity contribution in [3.8, 4) is 5.75 Å². The Morgan fingerprint density at radius 3 is 2.21 bits per heavy atom. The zero-order valence-electron chi connectivity index (χ0n) is 16.8. The molecule has 2 aromatic rings. The number of benzene rings is 2. The van der Waals surface area contributed by atoms with E-state index in [-0.39, 0.29) is 24.8 Å². The van der Waals surface area contributed by atoms with Crippen LogP contribution in [-0.4, -0.2) is 37.7 Å². The summed E-state index contributed by atoms with van der Waals surface area (Å²) in [4.78, 5) is 2.50. The molecule has 1 N–H and O–H groups in total. The smallest absolute Gasteiger partial charge is 0.119 e. The van der Waals surface area contributed by atoms with Crippen molar-refractivity contribution in [3.05, 3.63) is 71.3 Å². The molecule has 0 bridgehead atoms. The molecule has 1 aliphatic rings. The third-order valence-corrected chi connectivity index (χ3v) is 4.80. The normalized spacial score (nSPS) is 14.5. The number of nitrogens with one attached hydrogen (secondary N) is 1. The van der Waals surface area contributed by atoms with E-state index in [1.165, 1.54) is 16.7 Å². The van der Waals surface area contributed by atoms with Crippen molar-refractivity contribution in [3.63, 3.8) is 0 Å². The number of ether oxygens (including phenoxy) is 1. The van der Waals surface area contributed by atoms with Crippen molar-refractivity contribution < 1.29 is 4.74 Å². The lowest BCUT2D eigenvalue weighted by molar-refractivity contribution is 0.233. The molecule has 5 heteroatoms. The minimum Gasteiger partial charge on any atom is -0.490 e. The fourth-order valence-corrected chi connectivity index (χ4v) is 3.14. The molecule has 2 aromatic carbocycles. The average molecular weight is 423 g/mol. The average Bonchev–Trinajstić information content (AvgIpc) is 2.68. The Bertz CT molecular complexity index is 694. The van der Waals surface area contributed by atoms with Gasteiger partial charge in [-0.1, -0.05) is 56.3 Å². The third-order valence-electron chi connectivity index (χ3n) is 4.80. The van der Waals surface area contributed by atoms with Crippen LogP contribution in [0.1, 0.15) is 36.5 Å². The van der Waals surface area contributed by atoms with Gasteiger partial charge in [0.25, 0.3) is 0 Å². The summed E-state index contributed by atoms with van der Waals surface area (Å²) in [6, 6.07) is 17.2. The fourth-order valence-electron chi connectivity index (χ4n) is 3.14. The zero-order chi connectivity index (χ0) is 18.2. The highest BCUT2D eigenvalue weighted by molar-refractivity contribution is 5.85. The highest BCUT2D eigenvalue weighted by Gasteiger charge is 2.09. The molecule has 0 spiro atoms. The van der Waals surface area contributed by atoms with Crippen LogP contribution in [0.25, 0.3) is 6.08 Å². The van der Waals surface area contributed by atoms with E-state index >= 15 is 0 Å². The highest BCUT2D eigenvalue weighted by atomic mass is 35.5. The van der Waals surface area contributed by atoms with Crippen LogP contribution in [0.3, 0.4) is 0 Å². The van der Waals surface area contributed by atoms with E-state index in [1.54, 1.807) is 0 Å². The lowest BCUT2D eigenvalue weighted by atomic mass is 10.0. The van der Waals surface area contributed by atoms with E-state index in [0.29, 0.717) is 12.5 Å². The summed E-state index contributed by atoms with van der Waals surface area (Å²) in [5, 5.41) is 3.39. The summed E-state index contributed by atoms with van der Waals surface area (Å²) in [5.41, 5.74) is 3.94. The van der Waals surface area contributed by atoms with Gasteiger partial charge in [-0.3, -0.25) is 4.90 Å². The second-order valence-electron chi connectivity index (χ2n) is 7.20. The van der Waals surface area contributed by atoms with Crippen LogP contribution >= 0.6 is 24.8 Å². The second-order valence-corrected chi connectivity index (χ2v) is 7.20. The van der Waals surface area contributed by atoms with Gasteiger partial charge in [-0.25, -0.2) is 0 Å². The van der Waals surface area contributed by atoms with Crippen molar-refractivity contribution in [2.75, 3.05) is 32.8 Å². The Hall–Kier alpha value is -1.52. The maximum absolute atomic E-state index is 5.79. The first-order valence-electron chi connectivity index (χ1n) is 9.62. The summed E-state index contributed by atoms with van der Waals surface area (Å²) in [5.74, 6) is 1.48. The molecule has 0 unspecified atom stereocenters. The number of halogens is 2. The first-order chi connectivity index (χ1) is 12.7. The summed E-state index contributed by atoms with van der Waals surface area (Å²) in [7, 11) is 0. The van der Waals surface area contributed by atoms with Crippen molar-refractivity contribution in [1.82, 2.24) is 10.2 Å². The van der Waals surface area contributed by atoms with Gasteiger partial charge in [-0.2, -0.15) is 0 Å². The van der Waals surface area contributed by atoms with E-state index < -0.39 is 0 Å². The van der Waals surface area contributed by atoms with Crippen molar-refractivity contribution in [2.24, 2.45) is 0 Å². The minimum absolute atomic E-state index is 0. The standard InChI is InChI=1S/C23H30N2O.2ClH/c1-19(2)22-9-11-23(12-10-22)26-17-3-4-20-5-7-21(8-6-20)18-25-15-13-24-14-16-25;;/h3-12,19,24H,13-18H2,1-2H3;2*1H. The van der Waals surface area contributed by atoms with Gasteiger partial charge in [0.05, 0.1) is 0 Å². The van der Waals surface area contributed by atoms with Gasteiger partial charge in [0.1, 0.15) is 12.4 Å². The summed E-state index contributed by atoms with van der Waals surface area (Å²) in [6.07, 6.45) is 4.19. The molecular formula is C23H32Cl2N2O. The van der Waals surface area contributed by atoms with Gasteiger partial charge in [0.2, 0.25) is 0 Å². The summed E-state index contributed by atoms with van der Waals surface area (Å²) < 4.78 is 5.79. The molecule has 0 saturated carbocycles. The topological polar surface area (TPSA) is 24.5 Å². The van der Waals surface area contributed by atoms with E-state index in [2.05, 4.69) is 72.6 Å². The third kappa shape index (κ3) is 7.84. The second kappa shape index (κ2) is 12.8. The van der Waals surface area contributed by atoms with Gasteiger partial charge in [0, 0.05) is 32.7 Å². The van der Waals surface area contributed by atoms with Gasteiger partial charge >= 0.3 is 0 Å². The van der Waals surface area contributed by atoms with Crippen LogP contribution in [0.2, 0.25) is 0 Å². The molecule has 1 fully saturated rings. The van der Waals surface area contributed by atoms with E-state index in [0.717, 1.165) is 38.5 Å². The molecule has 0 aromatic heterocycles. The Labute approximate surface area is 182 Å². The van der Waals surface area contributed by atoms with E-state index in [4.69, 9.17) is 4.74 Å². The maximum atomic E-state index is 5.79. The van der Waals surface area contributed by atoms with Crippen molar-refractivity contribution >= 4 is 30.9 Å². The molecule has 1 aliphatic heterocycles. The van der Waals surface area contributed by atoms with Crippen LogP contribution in [-0.2, 0) is 6.54 Å². The maximum Gasteiger partial charge on any atom is 0.119 e. The van der Waals surface area contributed by atoms with Gasteiger partial charge in [-0.05, 0) is 40.8 Å². The zero-order valence-corrected chi connectivity index (χ0v) is 18.4. The Balaban J connectivity index is 0.00000196. The lowest BCUT2D eigenvalue weighted by Gasteiger charge is -2.27. The Morgan fingerprint density at radius 1 is 0.964 bits per heavy atom. The summed E-state index contributed by atoms with van der Waals surface area (Å²) in [6.45, 7) is 10.5. The fraction of sp³-hybridized carbons (Fsp3) is 0.391. The van der Waals surface area contributed by atoms with E-state index in [1.807, 2.05) is 12.1 Å². The molecule has 3 nitrogen and oxygen atoms in total. The van der Waals surface area contributed by atoms with Crippen LogP contribution < -0.4 is 10.1 Å². The minimum atomic E-state index is 0. The molecule has 1 saturated heterocycles. The predicted molar refractivity (Wildman–Crippen MR) is 124 cm³/mol. The van der Waals surface area contributed by atoms with Crippen LogP contribution in [0, 0.1) is 0 Å². The largest absolute Gasteiger partial charge is 0.490 e. The lowest BCUT2D eigenvalue weighted by Crippen LogP contribution is -2.42. The molecular weight excluding hydrogens is 391 g/mol. The predicted octanol–water partition coefficient (Wildman–Crippen LogP) is 5.15. The molecule has 0 amide bonds. The quantitative estimate of drug-likeness (QED) is 0.667. The summed E-state index contributed by atoms with van der Waals surface area (Å²) >= 11 is 0. The molecule has 0 radical (unpaired) electrons.